The third-order valence-corrected chi connectivity index (χ3v) is 3.19. The Kier molecular flexibility index (Phi) is 5.77. The van der Waals surface area contributed by atoms with E-state index in [0.29, 0.717) is 12.6 Å². The molecule has 94 valence electrons. The van der Waals surface area contributed by atoms with Crippen LogP contribution in [0.25, 0.3) is 0 Å². The number of nitrogens with zero attached hydrogens (tertiary/aromatic N) is 1. The standard InChI is InChI=1S/C12H25N3O/c1-3-7-14-12(16)9-15-8-5-4-6-11(15)10(2)13/h10-11H,3-9,13H2,1-2H3,(H,14,16). The lowest BCUT2D eigenvalue weighted by Crippen LogP contribution is -2.52. The molecule has 0 aromatic heterocycles. The maximum absolute atomic E-state index is 11.6. The SMILES string of the molecule is CCCNC(=O)CN1CCCCC1C(C)N. The molecule has 16 heavy (non-hydrogen) atoms. The van der Waals surface area contributed by atoms with Crippen LogP contribution in [0.15, 0.2) is 0 Å². The van der Waals surface area contributed by atoms with Gasteiger partial charge in [0.25, 0.3) is 0 Å². The summed E-state index contributed by atoms with van der Waals surface area (Å²) >= 11 is 0. The first-order valence-corrected chi connectivity index (χ1v) is 6.41. The fraction of sp³-hybridized carbons (Fsp3) is 0.917. The highest BCUT2D eigenvalue weighted by molar-refractivity contribution is 5.78. The zero-order chi connectivity index (χ0) is 12.0. The lowest BCUT2D eigenvalue weighted by Gasteiger charge is -2.37. The second kappa shape index (κ2) is 6.86. The largest absolute Gasteiger partial charge is 0.355 e. The predicted molar refractivity (Wildman–Crippen MR) is 66.2 cm³/mol. The van der Waals surface area contributed by atoms with Gasteiger partial charge in [0.2, 0.25) is 5.91 Å². The summed E-state index contributed by atoms with van der Waals surface area (Å²) in [4.78, 5) is 13.9. The number of piperidine rings is 1. The van der Waals surface area contributed by atoms with Crippen molar-refractivity contribution in [1.82, 2.24) is 10.2 Å². The van der Waals surface area contributed by atoms with Crippen molar-refractivity contribution in [3.8, 4) is 0 Å². The van der Waals surface area contributed by atoms with Crippen LogP contribution in [0, 0.1) is 0 Å². The Labute approximate surface area is 98.6 Å². The van der Waals surface area contributed by atoms with Crippen molar-refractivity contribution in [3.05, 3.63) is 0 Å². The smallest absolute Gasteiger partial charge is 0.234 e. The van der Waals surface area contributed by atoms with Gasteiger partial charge < -0.3 is 11.1 Å². The van der Waals surface area contributed by atoms with Gasteiger partial charge in [-0.3, -0.25) is 9.69 Å². The van der Waals surface area contributed by atoms with Gasteiger partial charge in [0.05, 0.1) is 6.54 Å². The first-order chi connectivity index (χ1) is 7.65. The number of amides is 1. The van der Waals surface area contributed by atoms with Crippen molar-refractivity contribution < 1.29 is 4.79 Å². The lowest BCUT2D eigenvalue weighted by atomic mass is 9.97. The molecule has 2 atom stereocenters. The molecule has 4 heteroatoms. The van der Waals surface area contributed by atoms with E-state index in [1.165, 1.54) is 12.8 Å². The van der Waals surface area contributed by atoms with Crippen molar-refractivity contribution in [3.63, 3.8) is 0 Å². The summed E-state index contributed by atoms with van der Waals surface area (Å²) in [5, 5.41) is 2.92. The molecular weight excluding hydrogens is 202 g/mol. The minimum Gasteiger partial charge on any atom is -0.355 e. The van der Waals surface area contributed by atoms with Gasteiger partial charge >= 0.3 is 0 Å². The second-order valence-corrected chi connectivity index (χ2v) is 4.74. The van der Waals surface area contributed by atoms with E-state index >= 15 is 0 Å². The van der Waals surface area contributed by atoms with E-state index in [2.05, 4.69) is 17.1 Å². The Bertz CT molecular complexity index is 218. The second-order valence-electron chi connectivity index (χ2n) is 4.74. The first-order valence-electron chi connectivity index (χ1n) is 6.41. The Morgan fingerprint density at radius 2 is 2.31 bits per heavy atom. The van der Waals surface area contributed by atoms with Gasteiger partial charge in [0, 0.05) is 18.6 Å². The molecule has 0 aliphatic carbocycles. The maximum atomic E-state index is 11.6. The fourth-order valence-corrected chi connectivity index (χ4v) is 2.31. The molecule has 0 radical (unpaired) electrons. The quantitative estimate of drug-likeness (QED) is 0.727. The van der Waals surface area contributed by atoms with Crippen molar-refractivity contribution in [2.75, 3.05) is 19.6 Å². The molecule has 1 aliphatic rings. The summed E-state index contributed by atoms with van der Waals surface area (Å²) in [7, 11) is 0. The summed E-state index contributed by atoms with van der Waals surface area (Å²) in [5.74, 6) is 0.134. The number of carbonyl (C=O) groups excluding carboxylic acids is 1. The molecule has 0 aromatic carbocycles. The molecule has 1 saturated heterocycles. The topological polar surface area (TPSA) is 58.4 Å². The van der Waals surface area contributed by atoms with Crippen molar-refractivity contribution in [2.45, 2.75) is 51.6 Å². The molecule has 0 bridgehead atoms. The van der Waals surface area contributed by atoms with Crippen LogP contribution < -0.4 is 11.1 Å². The van der Waals surface area contributed by atoms with Gasteiger partial charge in [-0.05, 0) is 32.7 Å². The van der Waals surface area contributed by atoms with E-state index in [1.807, 2.05) is 6.92 Å². The molecule has 2 unspecified atom stereocenters. The van der Waals surface area contributed by atoms with Crippen LogP contribution in [-0.4, -0.2) is 42.5 Å². The van der Waals surface area contributed by atoms with Gasteiger partial charge in [-0.2, -0.15) is 0 Å². The highest BCUT2D eigenvalue weighted by Gasteiger charge is 2.26. The van der Waals surface area contributed by atoms with E-state index in [0.717, 1.165) is 25.9 Å². The number of rotatable bonds is 5. The highest BCUT2D eigenvalue weighted by atomic mass is 16.2. The average molecular weight is 227 g/mol. The molecule has 1 aliphatic heterocycles. The van der Waals surface area contributed by atoms with Gasteiger partial charge in [0.15, 0.2) is 0 Å². The normalized spacial score (nSPS) is 24.1. The highest BCUT2D eigenvalue weighted by Crippen LogP contribution is 2.18. The zero-order valence-corrected chi connectivity index (χ0v) is 10.5. The number of nitrogens with two attached hydrogens (primary N) is 1. The predicted octanol–water partition coefficient (Wildman–Crippen LogP) is 0.714. The zero-order valence-electron chi connectivity index (χ0n) is 10.5. The van der Waals surface area contributed by atoms with E-state index in [4.69, 9.17) is 5.73 Å². The van der Waals surface area contributed by atoms with Gasteiger partial charge in [-0.15, -0.1) is 0 Å². The van der Waals surface area contributed by atoms with Crippen LogP contribution >= 0.6 is 0 Å². The van der Waals surface area contributed by atoms with E-state index in [9.17, 15) is 4.79 Å². The monoisotopic (exact) mass is 227 g/mol. The van der Waals surface area contributed by atoms with Crippen molar-refractivity contribution in [2.24, 2.45) is 5.73 Å². The Morgan fingerprint density at radius 3 is 2.94 bits per heavy atom. The number of carbonyl (C=O) groups is 1. The summed E-state index contributed by atoms with van der Waals surface area (Å²) in [6.07, 6.45) is 4.53. The Balaban J connectivity index is 2.40. The van der Waals surface area contributed by atoms with Gasteiger partial charge in [-0.1, -0.05) is 13.3 Å². The van der Waals surface area contributed by atoms with Crippen molar-refractivity contribution in [1.29, 1.82) is 0 Å². The number of nitrogens with one attached hydrogen (secondary N) is 1. The molecular formula is C12H25N3O. The fourth-order valence-electron chi connectivity index (χ4n) is 2.31. The van der Waals surface area contributed by atoms with E-state index in [-0.39, 0.29) is 11.9 Å². The molecule has 0 spiro atoms. The summed E-state index contributed by atoms with van der Waals surface area (Å²) in [6, 6.07) is 0.528. The molecule has 3 N–H and O–H groups in total. The van der Waals surface area contributed by atoms with Crippen LogP contribution in [0.2, 0.25) is 0 Å². The summed E-state index contributed by atoms with van der Waals surface area (Å²) in [5.41, 5.74) is 5.96. The molecule has 1 fully saturated rings. The average Bonchev–Trinajstić information content (AvgIpc) is 2.27. The summed E-state index contributed by atoms with van der Waals surface area (Å²) in [6.45, 7) is 6.38. The van der Waals surface area contributed by atoms with Crippen LogP contribution in [0.1, 0.15) is 39.5 Å². The molecule has 1 rings (SSSR count). The van der Waals surface area contributed by atoms with Crippen LogP contribution in [-0.2, 0) is 4.79 Å². The van der Waals surface area contributed by atoms with Crippen molar-refractivity contribution >= 4 is 5.91 Å². The first kappa shape index (κ1) is 13.5. The third-order valence-electron chi connectivity index (χ3n) is 3.19. The van der Waals surface area contributed by atoms with Gasteiger partial charge in [0.1, 0.15) is 0 Å². The van der Waals surface area contributed by atoms with E-state index < -0.39 is 0 Å². The number of hydrogen-bond acceptors (Lipinski definition) is 3. The molecule has 4 nitrogen and oxygen atoms in total. The lowest BCUT2D eigenvalue weighted by molar-refractivity contribution is -0.123. The van der Waals surface area contributed by atoms with Crippen LogP contribution in [0.5, 0.6) is 0 Å². The number of hydrogen-bond donors (Lipinski definition) is 2. The molecule has 1 heterocycles. The molecule has 0 aromatic rings. The van der Waals surface area contributed by atoms with Crippen LogP contribution in [0.3, 0.4) is 0 Å². The minimum atomic E-state index is 0.134. The Morgan fingerprint density at radius 1 is 1.56 bits per heavy atom. The minimum absolute atomic E-state index is 0.134. The summed E-state index contributed by atoms with van der Waals surface area (Å²) < 4.78 is 0. The van der Waals surface area contributed by atoms with Crippen LogP contribution in [0.4, 0.5) is 0 Å². The number of likely N-dealkylation sites (tertiary alicyclic amines) is 1. The Hall–Kier alpha value is -0.610. The maximum Gasteiger partial charge on any atom is 0.234 e. The van der Waals surface area contributed by atoms with E-state index in [1.54, 1.807) is 0 Å². The third kappa shape index (κ3) is 4.10. The molecule has 1 amide bonds. The van der Waals surface area contributed by atoms with Gasteiger partial charge in [-0.25, -0.2) is 0 Å². The molecule has 0 saturated carbocycles.